The summed E-state index contributed by atoms with van der Waals surface area (Å²) in [7, 11) is -4.67. The van der Waals surface area contributed by atoms with E-state index in [0.717, 1.165) is 25.7 Å². The molecule has 180 valence electrons. The van der Waals surface area contributed by atoms with Gasteiger partial charge in [0.2, 0.25) is 5.91 Å². The van der Waals surface area contributed by atoms with E-state index in [1.165, 1.54) is 44.9 Å². The molecular weight excluding hydrogens is 412 g/mol. The minimum Gasteiger partial charge on any atom is -0.464 e. The lowest BCUT2D eigenvalue weighted by atomic mass is 10.1. The van der Waals surface area contributed by atoms with Gasteiger partial charge in [-0.1, -0.05) is 58.3 Å². The van der Waals surface area contributed by atoms with Crippen LogP contribution in [0, 0.1) is 0 Å². The van der Waals surface area contributed by atoms with Crippen LogP contribution in [0.15, 0.2) is 0 Å². The summed E-state index contributed by atoms with van der Waals surface area (Å²) in [5, 5.41) is 2.83. The Hall–Kier alpha value is -1.23. The van der Waals surface area contributed by atoms with Crippen molar-refractivity contribution in [3.05, 3.63) is 0 Å². The summed E-state index contributed by atoms with van der Waals surface area (Å²) < 4.78 is 36.6. The first-order valence-corrected chi connectivity index (χ1v) is 12.4. The molecule has 0 fully saturated rings. The average molecular weight is 455 g/mol. The Morgan fingerprint density at radius 1 is 0.900 bits per heavy atom. The number of unbranched alkanes of at least 4 members (excludes halogenated alkanes) is 9. The zero-order chi connectivity index (χ0) is 23.3. The van der Waals surface area contributed by atoms with E-state index < -0.39 is 16.4 Å². The Bertz CT molecular complexity index is 519. The fraction of sp³-hybridized carbons (Fsp3) is 0.900. The standard InChI is InChI=1S/C20H40N2O3.H2O4S/c1-3-5-6-7-8-9-10-11-12-16-19(23)22-18(15-13-14-17-21)20(24)25-4-2;1-5(2,3)4/h18H,3-17,21H2,1-2H3,(H,22,23);(H2,1,2,3,4). The highest BCUT2D eigenvalue weighted by atomic mass is 32.3. The van der Waals surface area contributed by atoms with Gasteiger partial charge in [-0.15, -0.1) is 0 Å². The molecule has 1 unspecified atom stereocenters. The zero-order valence-corrected chi connectivity index (χ0v) is 19.4. The van der Waals surface area contributed by atoms with Crippen molar-refractivity contribution in [2.45, 2.75) is 103 Å². The molecule has 30 heavy (non-hydrogen) atoms. The summed E-state index contributed by atoms with van der Waals surface area (Å²) in [6, 6.07) is -0.530. The molecule has 10 heteroatoms. The van der Waals surface area contributed by atoms with E-state index in [2.05, 4.69) is 12.2 Å². The molecule has 0 bridgehead atoms. The summed E-state index contributed by atoms with van der Waals surface area (Å²) in [4.78, 5) is 24.0. The highest BCUT2D eigenvalue weighted by molar-refractivity contribution is 7.79. The van der Waals surface area contributed by atoms with E-state index in [4.69, 9.17) is 28.0 Å². The molecule has 0 radical (unpaired) electrons. The highest BCUT2D eigenvalue weighted by Gasteiger charge is 2.21. The fourth-order valence-electron chi connectivity index (χ4n) is 2.85. The van der Waals surface area contributed by atoms with Crippen LogP contribution in [-0.4, -0.2) is 48.6 Å². The number of carbonyl (C=O) groups excluding carboxylic acids is 2. The van der Waals surface area contributed by atoms with Gasteiger partial charge in [0.15, 0.2) is 0 Å². The molecule has 5 N–H and O–H groups in total. The average Bonchev–Trinajstić information content (AvgIpc) is 2.65. The highest BCUT2D eigenvalue weighted by Crippen LogP contribution is 2.11. The van der Waals surface area contributed by atoms with Crippen LogP contribution < -0.4 is 11.1 Å². The van der Waals surface area contributed by atoms with Crippen molar-refractivity contribution in [2.75, 3.05) is 13.2 Å². The van der Waals surface area contributed by atoms with Gasteiger partial charge in [-0.2, -0.15) is 8.42 Å². The van der Waals surface area contributed by atoms with E-state index in [1.54, 1.807) is 6.92 Å². The fourth-order valence-corrected chi connectivity index (χ4v) is 2.85. The van der Waals surface area contributed by atoms with Crippen LogP contribution in [0.4, 0.5) is 0 Å². The maximum Gasteiger partial charge on any atom is 0.394 e. The van der Waals surface area contributed by atoms with Gasteiger partial charge in [0, 0.05) is 6.42 Å². The first kappa shape index (κ1) is 31.0. The zero-order valence-electron chi connectivity index (χ0n) is 18.6. The number of nitrogens with one attached hydrogen (secondary N) is 1. The summed E-state index contributed by atoms with van der Waals surface area (Å²) in [5.74, 6) is -0.381. The Kier molecular flexibility index (Phi) is 21.7. The van der Waals surface area contributed by atoms with E-state index in [0.29, 0.717) is 26.0 Å². The van der Waals surface area contributed by atoms with Crippen molar-refractivity contribution in [3.8, 4) is 0 Å². The summed E-state index contributed by atoms with van der Waals surface area (Å²) in [6.45, 7) is 4.94. The number of amides is 1. The van der Waals surface area contributed by atoms with Crippen LogP contribution in [0.3, 0.4) is 0 Å². The van der Waals surface area contributed by atoms with Gasteiger partial charge in [0.1, 0.15) is 6.04 Å². The summed E-state index contributed by atoms with van der Waals surface area (Å²) >= 11 is 0. The van der Waals surface area contributed by atoms with Gasteiger partial charge in [-0.25, -0.2) is 4.79 Å². The smallest absolute Gasteiger partial charge is 0.394 e. The number of hydrogen-bond donors (Lipinski definition) is 4. The van der Waals surface area contributed by atoms with Crippen LogP contribution in [0.5, 0.6) is 0 Å². The lowest BCUT2D eigenvalue weighted by Crippen LogP contribution is -2.41. The normalized spacial score (nSPS) is 11.9. The van der Waals surface area contributed by atoms with E-state index in [1.807, 2.05) is 0 Å². The molecule has 0 saturated carbocycles. The molecule has 0 aromatic heterocycles. The third-order valence-corrected chi connectivity index (χ3v) is 4.36. The third kappa shape index (κ3) is 26.8. The monoisotopic (exact) mass is 454 g/mol. The van der Waals surface area contributed by atoms with Gasteiger partial charge in [0.25, 0.3) is 0 Å². The number of carbonyl (C=O) groups is 2. The molecule has 0 saturated heterocycles. The van der Waals surface area contributed by atoms with Crippen LogP contribution in [-0.2, 0) is 24.7 Å². The van der Waals surface area contributed by atoms with Crippen LogP contribution >= 0.6 is 0 Å². The summed E-state index contributed by atoms with van der Waals surface area (Å²) in [5.41, 5.74) is 5.49. The molecule has 0 aromatic rings. The van der Waals surface area contributed by atoms with Crippen molar-refractivity contribution >= 4 is 22.3 Å². The number of ether oxygens (including phenoxy) is 1. The second kappa shape index (κ2) is 21.0. The van der Waals surface area contributed by atoms with Crippen LogP contribution in [0.2, 0.25) is 0 Å². The van der Waals surface area contributed by atoms with Gasteiger partial charge in [-0.05, 0) is 39.2 Å². The molecule has 1 amide bonds. The Morgan fingerprint density at radius 2 is 1.40 bits per heavy atom. The molecule has 0 aliphatic carbocycles. The molecule has 0 heterocycles. The van der Waals surface area contributed by atoms with Gasteiger partial charge in [0.05, 0.1) is 6.61 Å². The Morgan fingerprint density at radius 3 is 1.87 bits per heavy atom. The Balaban J connectivity index is 0. The maximum atomic E-state index is 12.1. The van der Waals surface area contributed by atoms with Gasteiger partial charge < -0.3 is 15.8 Å². The molecule has 9 nitrogen and oxygen atoms in total. The predicted octanol–water partition coefficient (Wildman–Crippen LogP) is 3.43. The topological polar surface area (TPSA) is 156 Å². The predicted molar refractivity (Wildman–Crippen MR) is 117 cm³/mol. The number of rotatable bonds is 17. The van der Waals surface area contributed by atoms with E-state index in [9.17, 15) is 9.59 Å². The summed E-state index contributed by atoms with van der Waals surface area (Å²) in [6.07, 6.45) is 13.8. The van der Waals surface area contributed by atoms with Crippen molar-refractivity contribution in [1.82, 2.24) is 5.32 Å². The van der Waals surface area contributed by atoms with E-state index >= 15 is 0 Å². The molecule has 0 rings (SSSR count). The molecule has 0 aliphatic rings. The van der Waals surface area contributed by atoms with Crippen LogP contribution in [0.1, 0.15) is 97.3 Å². The van der Waals surface area contributed by atoms with Crippen molar-refractivity contribution < 1.29 is 31.8 Å². The third-order valence-electron chi connectivity index (χ3n) is 4.36. The lowest BCUT2D eigenvalue weighted by Gasteiger charge is -2.17. The SMILES string of the molecule is CCCCCCCCCCCC(=O)NC(CCCCN)C(=O)OCC.O=S(=O)(O)O. The first-order chi connectivity index (χ1) is 14.2. The second-order valence-electron chi connectivity index (χ2n) is 7.18. The number of nitrogens with two attached hydrogens (primary N) is 1. The number of hydrogen-bond acceptors (Lipinski definition) is 6. The van der Waals surface area contributed by atoms with Gasteiger partial charge >= 0.3 is 16.4 Å². The lowest BCUT2D eigenvalue weighted by molar-refractivity contribution is -0.147. The minimum atomic E-state index is -4.67. The van der Waals surface area contributed by atoms with Gasteiger partial charge in [-0.3, -0.25) is 13.9 Å². The molecular formula is C20H42N2O7S. The molecule has 0 spiro atoms. The largest absolute Gasteiger partial charge is 0.464 e. The van der Waals surface area contributed by atoms with Crippen LogP contribution in [0.25, 0.3) is 0 Å². The minimum absolute atomic E-state index is 0.0475. The molecule has 1 atom stereocenters. The second-order valence-corrected chi connectivity index (χ2v) is 8.08. The van der Waals surface area contributed by atoms with Crippen molar-refractivity contribution in [1.29, 1.82) is 0 Å². The van der Waals surface area contributed by atoms with E-state index in [-0.39, 0.29) is 11.9 Å². The Labute approximate surface area is 182 Å². The quantitative estimate of drug-likeness (QED) is 0.148. The van der Waals surface area contributed by atoms with Crippen molar-refractivity contribution in [2.24, 2.45) is 5.73 Å². The molecule has 0 aromatic carbocycles. The number of esters is 1. The maximum absolute atomic E-state index is 12.1. The first-order valence-electron chi connectivity index (χ1n) is 11.0. The van der Waals surface area contributed by atoms with Crippen molar-refractivity contribution in [3.63, 3.8) is 0 Å². The molecule has 0 aliphatic heterocycles.